The Morgan fingerprint density at radius 2 is 1.87 bits per heavy atom. The minimum Gasteiger partial charge on any atom is -0.544 e. The average Bonchev–Trinajstić information content (AvgIpc) is 2.17. The third kappa shape index (κ3) is 2.76. The van der Waals surface area contributed by atoms with Gasteiger partial charge >= 0.3 is 0 Å². The summed E-state index contributed by atoms with van der Waals surface area (Å²) in [6.07, 6.45) is 3.53. The number of hydrogen-bond donors (Lipinski definition) is 0. The fourth-order valence-electron chi connectivity index (χ4n) is 1.43. The van der Waals surface area contributed by atoms with E-state index in [4.69, 9.17) is 0 Å². The molecule has 0 radical (unpaired) electrons. The number of halogens is 1. The smallest absolute Gasteiger partial charge is 0.187 e. The summed E-state index contributed by atoms with van der Waals surface area (Å²) >= 11 is 0. The number of hydrogen-bond acceptors (Lipinski definition) is 2. The zero-order valence-corrected chi connectivity index (χ0v) is 9.63. The lowest BCUT2D eigenvalue weighted by Crippen LogP contribution is -2.43. The standard InChI is InChI=1S/C11H9NO2.BrH/c13-11(14)8-12-6-5-9-3-1-2-4-10(9)7-12;/h1-7H,8H2;1H. The predicted octanol–water partition coefficient (Wildman–Crippen LogP) is 0.455. The van der Waals surface area contributed by atoms with Crippen molar-refractivity contribution in [1.82, 2.24) is 0 Å². The van der Waals surface area contributed by atoms with E-state index in [1.54, 1.807) is 17.0 Å². The lowest BCUT2D eigenvalue weighted by molar-refractivity contribution is -0.689. The molecule has 0 aliphatic carbocycles. The molecule has 0 amide bonds. The Hall–Kier alpha value is -1.42. The van der Waals surface area contributed by atoms with Crippen LogP contribution in [0.4, 0.5) is 0 Å². The number of rotatable bonds is 2. The normalized spacial score (nSPS) is 9.60. The van der Waals surface area contributed by atoms with E-state index in [1.165, 1.54) is 0 Å². The minimum absolute atomic E-state index is 0. The molecule has 78 valence electrons. The van der Waals surface area contributed by atoms with Crippen LogP contribution in [0.5, 0.6) is 0 Å². The lowest BCUT2D eigenvalue weighted by atomic mass is 10.2. The summed E-state index contributed by atoms with van der Waals surface area (Å²) in [5.41, 5.74) is 0. The summed E-state index contributed by atoms with van der Waals surface area (Å²) in [5, 5.41) is 12.5. The molecular formula is C11H10BrNO2. The van der Waals surface area contributed by atoms with Crippen LogP contribution < -0.4 is 9.67 Å². The van der Waals surface area contributed by atoms with Gasteiger partial charge in [0.05, 0.1) is 0 Å². The molecule has 4 heteroatoms. The van der Waals surface area contributed by atoms with Gasteiger partial charge in [0.1, 0.15) is 5.97 Å². The molecule has 0 fully saturated rings. The molecule has 1 heterocycles. The zero-order valence-electron chi connectivity index (χ0n) is 7.92. The van der Waals surface area contributed by atoms with E-state index >= 15 is 0 Å². The number of pyridine rings is 1. The summed E-state index contributed by atoms with van der Waals surface area (Å²) in [6.45, 7) is -0.106. The third-order valence-corrected chi connectivity index (χ3v) is 2.06. The number of aliphatic carboxylic acids is 1. The van der Waals surface area contributed by atoms with Crippen molar-refractivity contribution >= 4 is 33.7 Å². The number of aromatic nitrogens is 1. The highest BCUT2D eigenvalue weighted by molar-refractivity contribution is 8.93. The first kappa shape index (κ1) is 11.7. The highest BCUT2D eigenvalue weighted by atomic mass is 79.9. The Balaban J connectivity index is 0.00000112. The molecule has 2 rings (SSSR count). The first-order valence-electron chi connectivity index (χ1n) is 4.33. The number of fused-ring (bicyclic) bond motifs is 1. The highest BCUT2D eigenvalue weighted by Gasteiger charge is 2.01. The molecule has 2 aromatic rings. The molecule has 0 atom stereocenters. The SMILES string of the molecule is Br.O=C([O-])C[n+]1ccc2ccccc2c1. The number of carbonyl (C=O) groups excluding carboxylic acids is 1. The zero-order chi connectivity index (χ0) is 9.97. The van der Waals surface area contributed by atoms with Gasteiger partial charge in [0.15, 0.2) is 18.9 Å². The van der Waals surface area contributed by atoms with E-state index in [0.29, 0.717) is 0 Å². The van der Waals surface area contributed by atoms with E-state index < -0.39 is 5.97 Å². The van der Waals surface area contributed by atoms with Gasteiger partial charge in [0.25, 0.3) is 0 Å². The van der Waals surface area contributed by atoms with Crippen LogP contribution in [0.15, 0.2) is 42.7 Å². The van der Waals surface area contributed by atoms with Crippen molar-refractivity contribution in [2.75, 3.05) is 0 Å². The van der Waals surface area contributed by atoms with Crippen LogP contribution in [0.1, 0.15) is 0 Å². The van der Waals surface area contributed by atoms with E-state index in [0.717, 1.165) is 10.8 Å². The van der Waals surface area contributed by atoms with E-state index in [1.807, 2.05) is 30.3 Å². The van der Waals surface area contributed by atoms with Gasteiger partial charge in [-0.1, -0.05) is 18.2 Å². The van der Waals surface area contributed by atoms with Crippen LogP contribution in [-0.2, 0) is 11.3 Å². The van der Waals surface area contributed by atoms with Crippen molar-refractivity contribution in [2.45, 2.75) is 6.54 Å². The van der Waals surface area contributed by atoms with Gasteiger partial charge in [-0.2, -0.15) is 4.57 Å². The Morgan fingerprint density at radius 3 is 2.53 bits per heavy atom. The fourth-order valence-corrected chi connectivity index (χ4v) is 1.43. The van der Waals surface area contributed by atoms with Crippen molar-refractivity contribution in [3.63, 3.8) is 0 Å². The molecule has 0 unspecified atom stereocenters. The topological polar surface area (TPSA) is 44.0 Å². The molecule has 0 saturated carbocycles. The van der Waals surface area contributed by atoms with Crippen molar-refractivity contribution in [3.05, 3.63) is 42.7 Å². The number of carboxylic acids is 1. The van der Waals surface area contributed by atoms with E-state index in [9.17, 15) is 9.90 Å². The third-order valence-electron chi connectivity index (χ3n) is 2.06. The van der Waals surface area contributed by atoms with E-state index in [-0.39, 0.29) is 23.5 Å². The molecule has 0 bridgehead atoms. The quantitative estimate of drug-likeness (QED) is 0.742. The van der Waals surface area contributed by atoms with Gasteiger partial charge in [-0.15, -0.1) is 17.0 Å². The summed E-state index contributed by atoms with van der Waals surface area (Å²) in [7, 11) is 0. The van der Waals surface area contributed by atoms with Gasteiger partial charge in [-0.3, -0.25) is 0 Å². The van der Waals surface area contributed by atoms with Crippen molar-refractivity contribution in [1.29, 1.82) is 0 Å². The number of carbonyl (C=O) groups is 1. The molecule has 0 N–H and O–H groups in total. The number of carboxylic acid groups (broad SMARTS) is 1. The summed E-state index contributed by atoms with van der Waals surface area (Å²) in [5.74, 6) is -1.08. The molecule has 1 aromatic carbocycles. The largest absolute Gasteiger partial charge is 0.544 e. The van der Waals surface area contributed by atoms with Gasteiger partial charge in [0.2, 0.25) is 0 Å². The van der Waals surface area contributed by atoms with E-state index in [2.05, 4.69) is 0 Å². The molecule has 0 aliphatic heterocycles. The van der Waals surface area contributed by atoms with Gasteiger partial charge in [0, 0.05) is 11.5 Å². The Labute approximate surface area is 97.7 Å². The van der Waals surface area contributed by atoms with Crippen molar-refractivity contribution in [2.24, 2.45) is 0 Å². The van der Waals surface area contributed by atoms with Crippen LogP contribution in [0, 0.1) is 0 Å². The average molecular weight is 268 g/mol. The molecule has 1 aromatic heterocycles. The summed E-state index contributed by atoms with van der Waals surface area (Å²) in [6, 6.07) is 9.69. The second-order valence-corrected chi connectivity index (χ2v) is 3.12. The lowest BCUT2D eigenvalue weighted by Gasteiger charge is -1.99. The fraction of sp³-hybridized carbons (Fsp3) is 0.0909. The Morgan fingerprint density at radius 1 is 1.20 bits per heavy atom. The van der Waals surface area contributed by atoms with Crippen LogP contribution in [0.25, 0.3) is 10.8 Å². The van der Waals surface area contributed by atoms with Crippen LogP contribution in [-0.4, -0.2) is 5.97 Å². The Bertz CT molecular complexity index is 485. The van der Waals surface area contributed by atoms with Gasteiger partial charge in [-0.25, -0.2) is 0 Å². The predicted molar refractivity (Wildman–Crippen MR) is 59.5 cm³/mol. The summed E-state index contributed by atoms with van der Waals surface area (Å²) < 4.78 is 1.59. The number of nitrogens with zero attached hydrogens (tertiary/aromatic N) is 1. The van der Waals surface area contributed by atoms with Crippen molar-refractivity contribution in [3.8, 4) is 0 Å². The van der Waals surface area contributed by atoms with Crippen LogP contribution in [0.3, 0.4) is 0 Å². The van der Waals surface area contributed by atoms with Crippen LogP contribution in [0.2, 0.25) is 0 Å². The maximum Gasteiger partial charge on any atom is 0.187 e. The molecule has 0 aliphatic rings. The molecule has 3 nitrogen and oxygen atoms in total. The van der Waals surface area contributed by atoms with Crippen molar-refractivity contribution < 1.29 is 14.5 Å². The first-order valence-corrected chi connectivity index (χ1v) is 4.33. The molecule has 15 heavy (non-hydrogen) atoms. The minimum atomic E-state index is -1.08. The number of benzene rings is 1. The maximum atomic E-state index is 10.4. The second kappa shape index (κ2) is 4.89. The highest BCUT2D eigenvalue weighted by Crippen LogP contribution is 2.09. The molecule has 0 spiro atoms. The monoisotopic (exact) mass is 267 g/mol. The van der Waals surface area contributed by atoms with Gasteiger partial charge < -0.3 is 9.90 Å². The maximum absolute atomic E-state index is 10.4. The Kier molecular flexibility index (Phi) is 3.80. The second-order valence-electron chi connectivity index (χ2n) is 3.12. The van der Waals surface area contributed by atoms with Crippen LogP contribution >= 0.6 is 17.0 Å². The summed E-state index contributed by atoms with van der Waals surface area (Å²) in [4.78, 5) is 10.4. The molecular weight excluding hydrogens is 258 g/mol. The first-order chi connectivity index (χ1) is 6.75. The molecule has 0 saturated heterocycles. The van der Waals surface area contributed by atoms with Gasteiger partial charge in [-0.05, 0) is 11.5 Å².